The molecule has 0 fully saturated rings. The number of benzene rings is 4. The van der Waals surface area contributed by atoms with Crippen LogP contribution in [-0.2, 0) is 0 Å². The minimum absolute atomic E-state index is 0.0236. The summed E-state index contributed by atoms with van der Waals surface area (Å²) >= 11 is 6.21. The SMILES string of the molecule is Cc1ccc(C(=O)/C=C/c2cc(-c3ccccc3)n(-c3ccc(Cl)cc3)c2-c2ccccc2)cc1. The van der Waals surface area contributed by atoms with Crippen molar-refractivity contribution >= 4 is 23.5 Å². The monoisotopic (exact) mass is 473 g/mol. The van der Waals surface area contributed by atoms with Crippen LogP contribution in [0.5, 0.6) is 0 Å². The molecule has 2 nitrogen and oxygen atoms in total. The molecule has 4 aromatic carbocycles. The molecule has 0 aliphatic rings. The number of hydrogen-bond acceptors (Lipinski definition) is 1. The Morgan fingerprint density at radius 1 is 0.743 bits per heavy atom. The topological polar surface area (TPSA) is 22.0 Å². The quantitative estimate of drug-likeness (QED) is 0.178. The van der Waals surface area contributed by atoms with Crippen LogP contribution in [0.25, 0.3) is 34.3 Å². The van der Waals surface area contributed by atoms with E-state index in [-0.39, 0.29) is 5.78 Å². The molecular weight excluding hydrogens is 450 g/mol. The van der Waals surface area contributed by atoms with Gasteiger partial charge in [-0.2, -0.15) is 0 Å². The van der Waals surface area contributed by atoms with E-state index in [2.05, 4.69) is 34.9 Å². The molecule has 0 aliphatic carbocycles. The van der Waals surface area contributed by atoms with Gasteiger partial charge >= 0.3 is 0 Å². The fourth-order valence-corrected chi connectivity index (χ4v) is 4.33. The van der Waals surface area contributed by atoms with Crippen LogP contribution in [0.4, 0.5) is 0 Å². The third-order valence-electron chi connectivity index (χ3n) is 5.98. The van der Waals surface area contributed by atoms with Gasteiger partial charge in [-0.05, 0) is 60.5 Å². The molecule has 0 aliphatic heterocycles. The first-order chi connectivity index (χ1) is 17.1. The second kappa shape index (κ2) is 10.0. The van der Waals surface area contributed by atoms with E-state index in [0.717, 1.165) is 39.3 Å². The van der Waals surface area contributed by atoms with Crippen LogP contribution in [0.1, 0.15) is 21.5 Å². The molecule has 0 N–H and O–H groups in total. The summed E-state index contributed by atoms with van der Waals surface area (Å²) in [5.41, 5.74) is 7.96. The third kappa shape index (κ3) is 4.89. The summed E-state index contributed by atoms with van der Waals surface area (Å²) in [6, 6.07) is 38.2. The highest BCUT2D eigenvalue weighted by atomic mass is 35.5. The average Bonchev–Trinajstić information content (AvgIpc) is 3.28. The maximum absolute atomic E-state index is 12.9. The van der Waals surface area contributed by atoms with Gasteiger partial charge in [0.15, 0.2) is 5.78 Å². The highest BCUT2D eigenvalue weighted by molar-refractivity contribution is 6.30. The van der Waals surface area contributed by atoms with Crippen molar-refractivity contribution in [2.24, 2.45) is 0 Å². The van der Waals surface area contributed by atoms with Crippen molar-refractivity contribution in [2.45, 2.75) is 6.92 Å². The lowest BCUT2D eigenvalue weighted by molar-refractivity contribution is 0.104. The van der Waals surface area contributed by atoms with Crippen LogP contribution >= 0.6 is 11.6 Å². The van der Waals surface area contributed by atoms with E-state index in [0.29, 0.717) is 10.6 Å². The van der Waals surface area contributed by atoms with E-state index in [1.54, 1.807) is 6.08 Å². The highest BCUT2D eigenvalue weighted by Gasteiger charge is 2.18. The molecule has 0 atom stereocenters. The number of carbonyl (C=O) groups is 1. The number of allylic oxidation sites excluding steroid dienone is 1. The molecule has 1 aromatic heterocycles. The van der Waals surface area contributed by atoms with Crippen LogP contribution in [0.3, 0.4) is 0 Å². The Bertz CT molecular complexity index is 1480. The predicted molar refractivity (Wildman–Crippen MR) is 146 cm³/mol. The summed E-state index contributed by atoms with van der Waals surface area (Å²) in [6.07, 6.45) is 3.58. The van der Waals surface area contributed by atoms with Gasteiger partial charge in [0.05, 0.1) is 11.4 Å². The second-order valence-corrected chi connectivity index (χ2v) is 8.88. The number of aromatic nitrogens is 1. The number of rotatable bonds is 6. The minimum atomic E-state index is -0.0236. The smallest absolute Gasteiger partial charge is 0.185 e. The van der Waals surface area contributed by atoms with E-state index in [4.69, 9.17) is 11.6 Å². The van der Waals surface area contributed by atoms with E-state index < -0.39 is 0 Å². The second-order valence-electron chi connectivity index (χ2n) is 8.44. The summed E-state index contributed by atoms with van der Waals surface area (Å²) in [7, 11) is 0. The van der Waals surface area contributed by atoms with E-state index >= 15 is 0 Å². The van der Waals surface area contributed by atoms with Crippen molar-refractivity contribution < 1.29 is 4.79 Å². The molecule has 0 saturated heterocycles. The normalized spacial score (nSPS) is 11.1. The van der Waals surface area contributed by atoms with E-state index in [9.17, 15) is 4.79 Å². The standard InChI is InChI=1S/C32H24ClNO/c1-23-12-14-25(15-13-23)31(35)21-16-27-22-30(24-8-4-2-5-9-24)34(29-19-17-28(33)18-20-29)32(27)26-10-6-3-7-11-26/h2-22H,1H3/b21-16+. The maximum atomic E-state index is 12.9. The van der Waals surface area contributed by atoms with Crippen LogP contribution in [0.2, 0.25) is 5.02 Å². The number of halogens is 1. The fourth-order valence-electron chi connectivity index (χ4n) is 4.21. The molecule has 0 spiro atoms. The van der Waals surface area contributed by atoms with Gasteiger partial charge in [0, 0.05) is 21.8 Å². The average molecular weight is 474 g/mol. The van der Waals surface area contributed by atoms with Gasteiger partial charge in [0.25, 0.3) is 0 Å². The van der Waals surface area contributed by atoms with Gasteiger partial charge in [0.2, 0.25) is 0 Å². The number of aryl methyl sites for hydroxylation is 1. The first-order valence-corrected chi connectivity index (χ1v) is 11.9. The molecule has 0 saturated carbocycles. The molecule has 0 amide bonds. The van der Waals surface area contributed by atoms with Crippen LogP contribution in [-0.4, -0.2) is 10.4 Å². The Morgan fingerprint density at radius 2 is 1.34 bits per heavy atom. The van der Waals surface area contributed by atoms with Gasteiger partial charge in [-0.15, -0.1) is 0 Å². The number of ketones is 1. The summed E-state index contributed by atoms with van der Waals surface area (Å²) in [6.45, 7) is 2.01. The lowest BCUT2D eigenvalue weighted by Crippen LogP contribution is -2.00. The van der Waals surface area contributed by atoms with Crippen molar-refractivity contribution in [1.82, 2.24) is 4.57 Å². The third-order valence-corrected chi connectivity index (χ3v) is 6.23. The molecule has 0 radical (unpaired) electrons. The molecule has 0 unspecified atom stereocenters. The summed E-state index contributed by atoms with van der Waals surface area (Å²) in [4.78, 5) is 12.9. The summed E-state index contributed by atoms with van der Waals surface area (Å²) < 4.78 is 2.23. The van der Waals surface area contributed by atoms with Crippen molar-refractivity contribution in [3.05, 3.63) is 143 Å². The largest absolute Gasteiger partial charge is 0.309 e. The van der Waals surface area contributed by atoms with Crippen LogP contribution in [0, 0.1) is 6.92 Å². The first-order valence-electron chi connectivity index (χ1n) is 11.5. The Balaban J connectivity index is 1.71. The van der Waals surface area contributed by atoms with Gasteiger partial charge in [-0.25, -0.2) is 0 Å². The van der Waals surface area contributed by atoms with E-state index in [1.807, 2.05) is 97.9 Å². The number of nitrogens with zero attached hydrogens (tertiary/aromatic N) is 1. The van der Waals surface area contributed by atoms with Crippen molar-refractivity contribution in [3.8, 4) is 28.2 Å². The first kappa shape index (κ1) is 22.6. The molecule has 3 heteroatoms. The molecule has 170 valence electrons. The lowest BCUT2D eigenvalue weighted by Gasteiger charge is -2.15. The molecule has 35 heavy (non-hydrogen) atoms. The zero-order valence-electron chi connectivity index (χ0n) is 19.4. The lowest BCUT2D eigenvalue weighted by atomic mass is 10.0. The Morgan fingerprint density at radius 3 is 1.97 bits per heavy atom. The highest BCUT2D eigenvalue weighted by Crippen LogP contribution is 2.37. The van der Waals surface area contributed by atoms with Crippen molar-refractivity contribution in [2.75, 3.05) is 0 Å². The molecule has 5 rings (SSSR count). The molecule has 5 aromatic rings. The Labute approximate surface area is 210 Å². The fraction of sp³-hybridized carbons (Fsp3) is 0.0312. The van der Waals surface area contributed by atoms with Gasteiger partial charge < -0.3 is 4.57 Å². The molecule has 1 heterocycles. The molecule has 0 bridgehead atoms. The zero-order chi connectivity index (χ0) is 24.2. The number of hydrogen-bond donors (Lipinski definition) is 0. The predicted octanol–water partition coefficient (Wildman–Crippen LogP) is 8.67. The zero-order valence-corrected chi connectivity index (χ0v) is 20.1. The van der Waals surface area contributed by atoms with Gasteiger partial charge in [-0.3, -0.25) is 4.79 Å². The van der Waals surface area contributed by atoms with Gasteiger partial charge in [0.1, 0.15) is 0 Å². The Kier molecular flexibility index (Phi) is 6.47. The Hall–Kier alpha value is -4.14. The van der Waals surface area contributed by atoms with E-state index in [1.165, 1.54) is 0 Å². The maximum Gasteiger partial charge on any atom is 0.185 e. The van der Waals surface area contributed by atoms with Crippen molar-refractivity contribution in [1.29, 1.82) is 0 Å². The van der Waals surface area contributed by atoms with Crippen LogP contribution in [0.15, 0.2) is 121 Å². The van der Waals surface area contributed by atoms with Crippen molar-refractivity contribution in [3.63, 3.8) is 0 Å². The van der Waals surface area contributed by atoms with Gasteiger partial charge in [-0.1, -0.05) is 102 Å². The number of carbonyl (C=O) groups excluding carboxylic acids is 1. The summed E-state index contributed by atoms with van der Waals surface area (Å²) in [5, 5.41) is 0.687. The van der Waals surface area contributed by atoms with Crippen LogP contribution < -0.4 is 0 Å². The summed E-state index contributed by atoms with van der Waals surface area (Å²) in [5.74, 6) is -0.0236. The molecular formula is C32H24ClNO. The minimum Gasteiger partial charge on any atom is -0.309 e.